The van der Waals surface area contributed by atoms with E-state index in [1.165, 1.54) is 0 Å². The molecule has 1 aliphatic heterocycles. The molecule has 1 heterocycles. The van der Waals surface area contributed by atoms with E-state index >= 15 is 0 Å². The van der Waals surface area contributed by atoms with Crippen LogP contribution in [0.4, 0.5) is 4.79 Å². The quantitative estimate of drug-likeness (QED) is 0.609. The van der Waals surface area contributed by atoms with E-state index < -0.39 is 23.5 Å². The molecule has 94 valence electrons. The lowest BCUT2D eigenvalue weighted by Crippen LogP contribution is -2.49. The highest BCUT2D eigenvalue weighted by molar-refractivity contribution is 6.07. The maximum Gasteiger partial charge on any atom is 0.322 e. The number of urea groups is 1. The van der Waals surface area contributed by atoms with Gasteiger partial charge in [0.25, 0.3) is 5.91 Å². The standard InChI is InChI=1S/C11H16N2O4/c1-2-3-4-11(7-5-6(7)8(14)15)9(16)12-10(17)13-11/h6-7H,2-5H2,1H3,(H,14,15)(H2,12,13,16,17). The lowest BCUT2D eigenvalue weighted by atomic mass is 9.86. The molecule has 3 atom stereocenters. The van der Waals surface area contributed by atoms with Crippen LogP contribution in [0.25, 0.3) is 0 Å². The van der Waals surface area contributed by atoms with Crippen LogP contribution in [0.15, 0.2) is 0 Å². The first-order chi connectivity index (χ1) is 8.01. The molecule has 0 aromatic heterocycles. The van der Waals surface area contributed by atoms with Crippen molar-refractivity contribution in [2.75, 3.05) is 0 Å². The fraction of sp³-hybridized carbons (Fsp3) is 0.727. The van der Waals surface area contributed by atoms with Crippen LogP contribution in [0.5, 0.6) is 0 Å². The molecule has 0 aromatic rings. The Hall–Kier alpha value is -1.59. The second kappa shape index (κ2) is 4.01. The van der Waals surface area contributed by atoms with Crippen molar-refractivity contribution in [1.29, 1.82) is 0 Å². The summed E-state index contributed by atoms with van der Waals surface area (Å²) >= 11 is 0. The third-order valence-electron chi connectivity index (χ3n) is 3.63. The molecule has 3 unspecified atom stereocenters. The SMILES string of the molecule is CCCCC1(C2CC2C(=O)O)NC(=O)NC1=O. The Kier molecular flexibility index (Phi) is 2.81. The van der Waals surface area contributed by atoms with Gasteiger partial charge in [0.15, 0.2) is 0 Å². The normalized spacial score (nSPS) is 35.4. The maximum atomic E-state index is 11.9. The van der Waals surface area contributed by atoms with Crippen LogP contribution in [-0.2, 0) is 9.59 Å². The second-order valence-electron chi connectivity index (χ2n) is 4.77. The van der Waals surface area contributed by atoms with E-state index in [1.54, 1.807) is 0 Å². The Balaban J connectivity index is 2.17. The van der Waals surface area contributed by atoms with E-state index in [0.29, 0.717) is 12.8 Å². The molecule has 2 fully saturated rings. The topological polar surface area (TPSA) is 95.5 Å². The molecule has 3 N–H and O–H groups in total. The fourth-order valence-corrected chi connectivity index (χ4v) is 2.60. The summed E-state index contributed by atoms with van der Waals surface area (Å²) in [4.78, 5) is 34.0. The van der Waals surface area contributed by atoms with Gasteiger partial charge in [-0.2, -0.15) is 0 Å². The molecule has 6 heteroatoms. The first-order valence-corrected chi connectivity index (χ1v) is 5.87. The molecule has 17 heavy (non-hydrogen) atoms. The average Bonchev–Trinajstić information content (AvgIpc) is 2.99. The van der Waals surface area contributed by atoms with Crippen molar-refractivity contribution in [3.8, 4) is 0 Å². The van der Waals surface area contributed by atoms with Crippen LogP contribution in [-0.4, -0.2) is 28.6 Å². The summed E-state index contributed by atoms with van der Waals surface area (Å²) in [6.45, 7) is 1.99. The molecule has 3 amide bonds. The smallest absolute Gasteiger partial charge is 0.322 e. The molecule has 2 rings (SSSR count). The number of amides is 3. The lowest BCUT2D eigenvalue weighted by Gasteiger charge is -2.26. The Bertz CT molecular complexity index is 382. The predicted molar refractivity (Wildman–Crippen MR) is 58.2 cm³/mol. The van der Waals surface area contributed by atoms with Crippen LogP contribution in [0.3, 0.4) is 0 Å². The number of carboxylic acids is 1. The van der Waals surface area contributed by atoms with E-state index in [0.717, 1.165) is 12.8 Å². The molecule has 0 spiro atoms. The Morgan fingerprint density at radius 2 is 2.24 bits per heavy atom. The number of unbranched alkanes of at least 4 members (excludes halogenated alkanes) is 1. The van der Waals surface area contributed by atoms with Crippen LogP contribution in [0.1, 0.15) is 32.6 Å². The number of hydrogen-bond donors (Lipinski definition) is 3. The second-order valence-corrected chi connectivity index (χ2v) is 4.77. The van der Waals surface area contributed by atoms with Crippen LogP contribution in [0, 0.1) is 11.8 Å². The van der Waals surface area contributed by atoms with Gasteiger partial charge < -0.3 is 10.4 Å². The number of hydrogen-bond acceptors (Lipinski definition) is 3. The van der Waals surface area contributed by atoms with Crippen molar-refractivity contribution in [3.05, 3.63) is 0 Å². The van der Waals surface area contributed by atoms with Crippen LogP contribution >= 0.6 is 0 Å². The van der Waals surface area contributed by atoms with Gasteiger partial charge in [0.2, 0.25) is 0 Å². The van der Waals surface area contributed by atoms with E-state index in [4.69, 9.17) is 5.11 Å². The van der Waals surface area contributed by atoms with Gasteiger partial charge in [-0.25, -0.2) is 4.79 Å². The fourth-order valence-electron chi connectivity index (χ4n) is 2.60. The third-order valence-corrected chi connectivity index (χ3v) is 3.63. The maximum absolute atomic E-state index is 11.9. The minimum absolute atomic E-state index is 0.266. The van der Waals surface area contributed by atoms with Crippen LogP contribution < -0.4 is 10.6 Å². The Morgan fingerprint density at radius 3 is 2.65 bits per heavy atom. The van der Waals surface area contributed by atoms with E-state index in [2.05, 4.69) is 10.6 Å². The van der Waals surface area contributed by atoms with Gasteiger partial charge in [-0.3, -0.25) is 14.9 Å². The summed E-state index contributed by atoms with van der Waals surface area (Å²) in [5.74, 6) is -2.03. The predicted octanol–water partition coefficient (Wildman–Crippen LogP) is 0.476. The van der Waals surface area contributed by atoms with Gasteiger partial charge in [-0.1, -0.05) is 19.8 Å². The molecule has 1 saturated carbocycles. The van der Waals surface area contributed by atoms with Crippen molar-refractivity contribution in [2.24, 2.45) is 11.8 Å². The molecule has 0 bridgehead atoms. The zero-order chi connectivity index (χ0) is 12.6. The molecule has 0 radical (unpaired) electrons. The van der Waals surface area contributed by atoms with Gasteiger partial charge in [-0.15, -0.1) is 0 Å². The zero-order valence-electron chi connectivity index (χ0n) is 9.66. The minimum Gasteiger partial charge on any atom is -0.481 e. The zero-order valence-corrected chi connectivity index (χ0v) is 9.66. The van der Waals surface area contributed by atoms with Crippen molar-refractivity contribution < 1.29 is 19.5 Å². The molecule has 1 saturated heterocycles. The van der Waals surface area contributed by atoms with Crippen LogP contribution in [0.2, 0.25) is 0 Å². The summed E-state index contributed by atoms with van der Waals surface area (Å²) in [6, 6.07) is -0.512. The minimum atomic E-state index is -0.990. The van der Waals surface area contributed by atoms with Crippen molar-refractivity contribution in [2.45, 2.75) is 38.1 Å². The highest BCUT2D eigenvalue weighted by Crippen LogP contribution is 2.49. The number of imide groups is 1. The first kappa shape index (κ1) is 11.9. The van der Waals surface area contributed by atoms with Gasteiger partial charge in [-0.05, 0) is 12.8 Å². The number of aliphatic carboxylic acids is 1. The highest BCUT2D eigenvalue weighted by atomic mass is 16.4. The van der Waals surface area contributed by atoms with Gasteiger partial charge in [0, 0.05) is 5.92 Å². The lowest BCUT2D eigenvalue weighted by molar-refractivity contribution is -0.139. The van der Waals surface area contributed by atoms with E-state index in [9.17, 15) is 14.4 Å². The average molecular weight is 240 g/mol. The number of carboxylic acid groups (broad SMARTS) is 1. The van der Waals surface area contributed by atoms with Gasteiger partial charge in [0.05, 0.1) is 5.92 Å². The largest absolute Gasteiger partial charge is 0.481 e. The van der Waals surface area contributed by atoms with Crippen molar-refractivity contribution in [3.63, 3.8) is 0 Å². The summed E-state index contributed by atoms with van der Waals surface area (Å²) in [6.07, 6.45) is 2.66. The summed E-state index contributed by atoms with van der Waals surface area (Å²) < 4.78 is 0. The molecule has 2 aliphatic rings. The number of rotatable bonds is 5. The monoisotopic (exact) mass is 240 g/mol. The van der Waals surface area contributed by atoms with Gasteiger partial charge >= 0.3 is 12.0 Å². The number of carbonyl (C=O) groups excluding carboxylic acids is 2. The van der Waals surface area contributed by atoms with Gasteiger partial charge in [0.1, 0.15) is 5.54 Å². The Morgan fingerprint density at radius 1 is 1.53 bits per heavy atom. The number of nitrogens with one attached hydrogen (secondary N) is 2. The highest BCUT2D eigenvalue weighted by Gasteiger charge is 2.62. The molecular weight excluding hydrogens is 224 g/mol. The Labute approximate surface area is 98.8 Å². The summed E-state index contributed by atoms with van der Waals surface area (Å²) in [7, 11) is 0. The van der Waals surface area contributed by atoms with E-state index in [-0.39, 0.29) is 11.8 Å². The molecule has 6 nitrogen and oxygen atoms in total. The van der Waals surface area contributed by atoms with Crippen molar-refractivity contribution in [1.82, 2.24) is 10.6 Å². The molecule has 0 aromatic carbocycles. The van der Waals surface area contributed by atoms with Crippen molar-refractivity contribution >= 4 is 17.9 Å². The molecule has 1 aliphatic carbocycles. The third kappa shape index (κ3) is 1.87. The van der Waals surface area contributed by atoms with E-state index in [1.807, 2.05) is 6.92 Å². The summed E-state index contributed by atoms with van der Waals surface area (Å²) in [5, 5.41) is 13.8. The number of carbonyl (C=O) groups is 3. The first-order valence-electron chi connectivity index (χ1n) is 5.87. The summed E-state index contributed by atoms with van der Waals surface area (Å²) in [5.41, 5.74) is -0.990. The molecular formula is C11H16N2O4.